The predicted octanol–water partition coefficient (Wildman–Crippen LogP) is 2.11. The number of hydrogen-bond acceptors (Lipinski definition) is 7. The van der Waals surface area contributed by atoms with E-state index in [4.69, 9.17) is 16.3 Å². The number of anilines is 2. The van der Waals surface area contributed by atoms with Crippen LogP contribution >= 0.6 is 22.9 Å². The van der Waals surface area contributed by atoms with Crippen LogP contribution in [0.3, 0.4) is 0 Å². The summed E-state index contributed by atoms with van der Waals surface area (Å²) in [5.74, 6) is -0.242. The highest BCUT2D eigenvalue weighted by atomic mass is 35.5. The number of amides is 2. The van der Waals surface area contributed by atoms with Gasteiger partial charge in [-0.15, -0.1) is 11.3 Å². The number of carbonyl (C=O) groups excluding carboxylic acids is 2. The van der Waals surface area contributed by atoms with E-state index in [1.54, 1.807) is 24.5 Å². The Hall–Kier alpha value is -2.96. The standard InChI is InChI=1S/C18H16ClN5O3S/c19-16-6-5-15(28-16)17(25)21-9-14-10-23(18(26)27-14)12-1-3-13(4-2-12)24-8-7-20-11-22-24/h1,3,5-6,11,14H,7-10H2,(H,20,22)(H,21,25). The third kappa shape index (κ3) is 3.98. The Morgan fingerprint density at radius 2 is 2.18 bits per heavy atom. The fourth-order valence-corrected chi connectivity index (χ4v) is 3.79. The van der Waals surface area contributed by atoms with Crippen molar-refractivity contribution in [3.05, 3.63) is 45.6 Å². The Morgan fingerprint density at radius 1 is 1.36 bits per heavy atom. The minimum absolute atomic E-state index is 0.218. The number of cyclic esters (lactones) is 1. The van der Waals surface area contributed by atoms with Crippen LogP contribution in [0, 0.1) is 12.1 Å². The van der Waals surface area contributed by atoms with Crippen LogP contribution in [0.25, 0.3) is 0 Å². The van der Waals surface area contributed by atoms with Gasteiger partial charge in [-0.2, -0.15) is 0 Å². The number of carbonyl (C=O) groups is 2. The highest BCUT2D eigenvalue weighted by Gasteiger charge is 2.33. The maximum Gasteiger partial charge on any atom is 0.415 e. The molecular weight excluding hydrogens is 402 g/mol. The molecule has 1 saturated heterocycles. The van der Waals surface area contributed by atoms with Gasteiger partial charge < -0.3 is 10.1 Å². The maximum absolute atomic E-state index is 12.2. The van der Waals surface area contributed by atoms with Gasteiger partial charge in [0, 0.05) is 0 Å². The average molecular weight is 418 g/mol. The molecular formula is C18H16ClN5O3S. The number of halogens is 1. The van der Waals surface area contributed by atoms with E-state index in [1.165, 1.54) is 16.2 Å². The number of nitrogens with one attached hydrogen (secondary N) is 2. The number of thiophene rings is 1. The van der Waals surface area contributed by atoms with Crippen molar-refractivity contribution in [1.82, 2.24) is 10.7 Å². The molecule has 4 rings (SSSR count). The predicted molar refractivity (Wildman–Crippen MR) is 107 cm³/mol. The highest BCUT2D eigenvalue weighted by molar-refractivity contribution is 7.17. The minimum Gasteiger partial charge on any atom is -0.442 e. The van der Waals surface area contributed by atoms with E-state index in [0.29, 0.717) is 28.0 Å². The molecule has 8 nitrogen and oxygen atoms in total. The zero-order chi connectivity index (χ0) is 19.5. The Kier molecular flexibility index (Phi) is 5.23. The van der Waals surface area contributed by atoms with Gasteiger partial charge in [0.1, 0.15) is 18.1 Å². The normalized spacial score (nSPS) is 18.5. The van der Waals surface area contributed by atoms with E-state index >= 15 is 0 Å². The van der Waals surface area contributed by atoms with Gasteiger partial charge >= 0.3 is 6.09 Å². The molecule has 1 unspecified atom stereocenters. The van der Waals surface area contributed by atoms with Gasteiger partial charge in [-0.1, -0.05) is 11.6 Å². The molecule has 2 amide bonds. The topological polar surface area (TPSA) is 86.3 Å². The second-order valence-corrected chi connectivity index (χ2v) is 7.82. The summed E-state index contributed by atoms with van der Waals surface area (Å²) in [6.07, 6.45) is 0.713. The number of nitrogens with zero attached hydrogens (tertiary/aromatic N) is 3. The lowest BCUT2D eigenvalue weighted by Crippen LogP contribution is -2.42. The molecule has 28 heavy (non-hydrogen) atoms. The van der Waals surface area contributed by atoms with E-state index in [2.05, 4.69) is 27.9 Å². The molecule has 3 heterocycles. The second kappa shape index (κ2) is 7.96. The first-order valence-corrected chi connectivity index (χ1v) is 9.77. The lowest BCUT2D eigenvalue weighted by Gasteiger charge is -2.24. The third-order valence-corrected chi connectivity index (χ3v) is 5.45. The molecule has 0 saturated carbocycles. The molecule has 1 atom stereocenters. The van der Waals surface area contributed by atoms with Crippen LogP contribution < -0.4 is 20.7 Å². The fraction of sp³-hybridized carbons (Fsp3) is 0.278. The van der Waals surface area contributed by atoms with Crippen molar-refractivity contribution in [1.29, 1.82) is 0 Å². The van der Waals surface area contributed by atoms with Gasteiger partial charge in [0.25, 0.3) is 5.91 Å². The van der Waals surface area contributed by atoms with E-state index in [1.807, 2.05) is 11.1 Å². The van der Waals surface area contributed by atoms with Crippen molar-refractivity contribution in [2.45, 2.75) is 6.10 Å². The van der Waals surface area contributed by atoms with Crippen LogP contribution in [0.15, 0.2) is 29.3 Å². The lowest BCUT2D eigenvalue weighted by molar-refractivity contribution is 0.0920. The molecule has 0 bridgehead atoms. The highest BCUT2D eigenvalue weighted by Crippen LogP contribution is 2.23. The summed E-state index contributed by atoms with van der Waals surface area (Å²) >= 11 is 7.04. The van der Waals surface area contributed by atoms with Crippen molar-refractivity contribution in [2.75, 3.05) is 36.1 Å². The largest absolute Gasteiger partial charge is 0.442 e. The smallest absolute Gasteiger partial charge is 0.415 e. The molecule has 2 aliphatic rings. The van der Waals surface area contributed by atoms with Gasteiger partial charge in [0.2, 0.25) is 0 Å². The number of aliphatic imine (C=N–C) groups is 1. The summed E-state index contributed by atoms with van der Waals surface area (Å²) in [7, 11) is 0. The summed E-state index contributed by atoms with van der Waals surface area (Å²) in [5, 5.41) is 4.66. The quantitative estimate of drug-likeness (QED) is 0.778. The Balaban J connectivity index is 1.34. The molecule has 144 valence electrons. The first-order valence-electron chi connectivity index (χ1n) is 8.58. The van der Waals surface area contributed by atoms with E-state index in [0.717, 1.165) is 12.2 Å². The summed E-state index contributed by atoms with van der Waals surface area (Å²) in [4.78, 5) is 30.4. The van der Waals surface area contributed by atoms with Crippen LogP contribution in [0.2, 0.25) is 4.34 Å². The van der Waals surface area contributed by atoms with Crippen molar-refractivity contribution in [2.24, 2.45) is 4.99 Å². The molecule has 1 fully saturated rings. The van der Waals surface area contributed by atoms with Crippen LogP contribution in [-0.2, 0) is 4.74 Å². The average Bonchev–Trinajstić information content (AvgIpc) is 3.32. The van der Waals surface area contributed by atoms with Crippen LogP contribution in [0.4, 0.5) is 16.2 Å². The minimum atomic E-state index is -0.473. The Bertz CT molecular complexity index is 901. The van der Waals surface area contributed by atoms with Gasteiger partial charge in [-0.3, -0.25) is 25.1 Å². The van der Waals surface area contributed by atoms with Crippen LogP contribution in [0.1, 0.15) is 9.67 Å². The number of hydrazine groups is 1. The maximum atomic E-state index is 12.2. The molecule has 0 aliphatic carbocycles. The summed E-state index contributed by atoms with van der Waals surface area (Å²) < 4.78 is 5.89. The molecule has 2 N–H and O–H groups in total. The first-order chi connectivity index (χ1) is 13.6. The van der Waals surface area contributed by atoms with Crippen molar-refractivity contribution < 1.29 is 14.3 Å². The van der Waals surface area contributed by atoms with Gasteiger partial charge in [0.05, 0.1) is 41.1 Å². The van der Waals surface area contributed by atoms with Gasteiger partial charge in [-0.25, -0.2) is 4.79 Å². The van der Waals surface area contributed by atoms with Gasteiger partial charge in [-0.05, 0) is 36.4 Å². The Labute approximate surface area is 170 Å². The monoisotopic (exact) mass is 417 g/mol. The van der Waals surface area contributed by atoms with E-state index < -0.39 is 12.2 Å². The van der Waals surface area contributed by atoms with Crippen molar-refractivity contribution >= 4 is 52.7 Å². The zero-order valence-corrected chi connectivity index (χ0v) is 16.2. The van der Waals surface area contributed by atoms with Crippen molar-refractivity contribution in [3.8, 4) is 0 Å². The Morgan fingerprint density at radius 3 is 2.86 bits per heavy atom. The van der Waals surface area contributed by atoms with E-state index in [9.17, 15) is 9.59 Å². The van der Waals surface area contributed by atoms with Crippen LogP contribution in [0.5, 0.6) is 0 Å². The van der Waals surface area contributed by atoms with Gasteiger partial charge in [0.15, 0.2) is 0 Å². The van der Waals surface area contributed by atoms with Crippen molar-refractivity contribution in [3.63, 3.8) is 0 Å². The number of hydrogen-bond donors (Lipinski definition) is 2. The SMILES string of the molecule is O=C(NCC1CN(c2c#cc(N3CCN=CN3)cc2)C(=O)O1)c1ccc(Cl)s1. The molecule has 2 aromatic rings. The number of rotatable bonds is 5. The van der Waals surface area contributed by atoms with E-state index in [-0.39, 0.29) is 12.5 Å². The summed E-state index contributed by atoms with van der Waals surface area (Å²) in [5.41, 5.74) is 4.39. The van der Waals surface area contributed by atoms with Crippen LogP contribution in [-0.4, -0.2) is 50.6 Å². The number of ether oxygens (including phenoxy) is 1. The molecule has 10 heteroatoms. The molecule has 2 aliphatic heterocycles. The molecule has 0 spiro atoms. The molecule has 0 radical (unpaired) electrons. The fourth-order valence-electron chi connectivity index (χ4n) is 2.83. The third-order valence-electron chi connectivity index (χ3n) is 4.22. The molecule has 1 aromatic carbocycles. The first kappa shape index (κ1) is 18.4. The summed E-state index contributed by atoms with van der Waals surface area (Å²) in [6.45, 7) is 1.97. The lowest BCUT2D eigenvalue weighted by atomic mass is 10.3. The zero-order valence-electron chi connectivity index (χ0n) is 14.6. The second-order valence-electron chi connectivity index (χ2n) is 6.10. The summed E-state index contributed by atoms with van der Waals surface area (Å²) in [6, 6.07) is 13.0. The molecule has 1 aromatic heterocycles.